The number of rotatable bonds is 25. The molecule has 0 aromatic rings. The lowest BCUT2D eigenvalue weighted by molar-refractivity contribution is 0.208. The lowest BCUT2D eigenvalue weighted by Crippen LogP contribution is -2.12. The van der Waals surface area contributed by atoms with Gasteiger partial charge in [-0.1, -0.05) is 136 Å². The van der Waals surface area contributed by atoms with E-state index in [0.717, 1.165) is 38.5 Å². The highest BCUT2D eigenvalue weighted by molar-refractivity contribution is 7.81. The molecule has 182 valence electrons. The van der Waals surface area contributed by atoms with Crippen LogP contribution in [0.5, 0.6) is 0 Å². The minimum absolute atomic E-state index is 0.247. The molecule has 5 heteroatoms. The summed E-state index contributed by atoms with van der Waals surface area (Å²) in [6, 6.07) is 0. The first kappa shape index (κ1) is 29.9. The van der Waals surface area contributed by atoms with Crippen molar-refractivity contribution in [3.8, 4) is 0 Å². The van der Waals surface area contributed by atoms with Gasteiger partial charge >= 0.3 is 10.4 Å². The summed E-state index contributed by atoms with van der Waals surface area (Å²) in [5.41, 5.74) is 0. The average Bonchev–Trinajstić information content (AvgIpc) is 2.72. The molecule has 0 amide bonds. The van der Waals surface area contributed by atoms with Crippen molar-refractivity contribution in [2.45, 2.75) is 149 Å². The predicted molar refractivity (Wildman–Crippen MR) is 129 cm³/mol. The van der Waals surface area contributed by atoms with Gasteiger partial charge < -0.3 is 0 Å². The van der Waals surface area contributed by atoms with Crippen LogP contribution in [0.25, 0.3) is 0 Å². The Hall–Kier alpha value is -0.130. The largest absolute Gasteiger partial charge is 0.399 e. The normalized spacial score (nSPS) is 11.9. The molecular weight excluding hydrogens is 396 g/mol. The van der Waals surface area contributed by atoms with Gasteiger partial charge in [-0.25, -0.2) is 8.37 Å². The molecule has 0 saturated heterocycles. The van der Waals surface area contributed by atoms with E-state index >= 15 is 0 Å². The van der Waals surface area contributed by atoms with E-state index in [-0.39, 0.29) is 13.2 Å². The monoisotopic (exact) mass is 448 g/mol. The van der Waals surface area contributed by atoms with Gasteiger partial charge in [-0.3, -0.25) is 0 Å². The van der Waals surface area contributed by atoms with Crippen molar-refractivity contribution in [2.24, 2.45) is 0 Å². The first-order chi connectivity index (χ1) is 14.6. The van der Waals surface area contributed by atoms with Gasteiger partial charge in [0.25, 0.3) is 0 Å². The molecule has 0 fully saturated rings. The van der Waals surface area contributed by atoms with E-state index in [4.69, 9.17) is 8.37 Å². The maximum absolute atomic E-state index is 11.7. The van der Waals surface area contributed by atoms with E-state index in [9.17, 15) is 8.42 Å². The van der Waals surface area contributed by atoms with Crippen LogP contribution in [-0.2, 0) is 18.8 Å². The van der Waals surface area contributed by atoms with Crippen molar-refractivity contribution in [1.82, 2.24) is 0 Å². The zero-order valence-electron chi connectivity index (χ0n) is 20.3. The molecule has 0 aromatic carbocycles. The van der Waals surface area contributed by atoms with Gasteiger partial charge in [-0.2, -0.15) is 8.42 Å². The molecule has 0 radical (unpaired) electrons. The summed E-state index contributed by atoms with van der Waals surface area (Å²) in [5.74, 6) is 0. The molecule has 0 aliphatic carbocycles. The van der Waals surface area contributed by atoms with Crippen LogP contribution in [0.4, 0.5) is 0 Å². The van der Waals surface area contributed by atoms with Crippen LogP contribution in [0.3, 0.4) is 0 Å². The van der Waals surface area contributed by atoms with E-state index in [1.165, 1.54) is 96.3 Å². The zero-order valence-corrected chi connectivity index (χ0v) is 21.1. The minimum Gasteiger partial charge on any atom is -0.248 e. The Kier molecular flexibility index (Phi) is 23.4. The predicted octanol–water partition coefficient (Wildman–Crippen LogP) is 8.50. The summed E-state index contributed by atoms with van der Waals surface area (Å²) in [6.45, 7) is 4.99. The van der Waals surface area contributed by atoms with E-state index in [1.807, 2.05) is 0 Å². The van der Waals surface area contributed by atoms with Gasteiger partial charge in [0.1, 0.15) is 0 Å². The van der Waals surface area contributed by atoms with E-state index < -0.39 is 10.4 Å². The van der Waals surface area contributed by atoms with E-state index in [1.54, 1.807) is 0 Å². The lowest BCUT2D eigenvalue weighted by Gasteiger charge is -2.06. The summed E-state index contributed by atoms with van der Waals surface area (Å²) in [5, 5.41) is 0. The summed E-state index contributed by atoms with van der Waals surface area (Å²) in [4.78, 5) is 0. The third kappa shape index (κ3) is 24.1. The minimum atomic E-state index is -3.80. The van der Waals surface area contributed by atoms with Crippen molar-refractivity contribution >= 4 is 10.4 Å². The first-order valence-electron chi connectivity index (χ1n) is 13.2. The van der Waals surface area contributed by atoms with Gasteiger partial charge in [0, 0.05) is 0 Å². The van der Waals surface area contributed by atoms with Crippen molar-refractivity contribution in [3.63, 3.8) is 0 Å². The number of hydrogen-bond acceptors (Lipinski definition) is 4. The Balaban J connectivity index is 3.32. The maximum atomic E-state index is 11.7. The smallest absolute Gasteiger partial charge is 0.248 e. The molecule has 0 aliphatic heterocycles. The summed E-state index contributed by atoms with van der Waals surface area (Å²) < 4.78 is 33.4. The van der Waals surface area contributed by atoms with Gasteiger partial charge in [0.2, 0.25) is 0 Å². The Labute approximate surface area is 189 Å². The summed E-state index contributed by atoms with van der Waals surface area (Å²) in [6.07, 6.45) is 25.9. The highest BCUT2D eigenvalue weighted by atomic mass is 32.3. The van der Waals surface area contributed by atoms with Gasteiger partial charge in [0.05, 0.1) is 13.2 Å². The number of unbranched alkanes of at least 4 members (excludes halogenated alkanes) is 19. The molecular formula is C25H52O4S. The van der Waals surface area contributed by atoms with E-state index in [2.05, 4.69) is 13.8 Å². The molecule has 0 rings (SSSR count). The Morgan fingerprint density at radius 1 is 0.400 bits per heavy atom. The van der Waals surface area contributed by atoms with Crippen LogP contribution in [0.1, 0.15) is 149 Å². The molecule has 0 aliphatic rings. The van der Waals surface area contributed by atoms with Crippen LogP contribution in [0.2, 0.25) is 0 Å². The third-order valence-electron chi connectivity index (χ3n) is 5.70. The second kappa shape index (κ2) is 23.5. The maximum Gasteiger partial charge on any atom is 0.399 e. The van der Waals surface area contributed by atoms with Crippen LogP contribution >= 0.6 is 0 Å². The summed E-state index contributed by atoms with van der Waals surface area (Å²) >= 11 is 0. The molecule has 0 N–H and O–H groups in total. The zero-order chi connectivity index (χ0) is 22.2. The first-order valence-corrected chi connectivity index (χ1v) is 14.5. The SMILES string of the molecule is CCCCCCCCCCCCCOS(=O)(=O)OCCCCCCCCCCCC. The van der Waals surface area contributed by atoms with Crippen LogP contribution in [-0.4, -0.2) is 21.6 Å². The molecule has 0 heterocycles. The average molecular weight is 449 g/mol. The molecule has 0 aromatic heterocycles. The Morgan fingerprint density at radius 2 is 0.633 bits per heavy atom. The fourth-order valence-corrected chi connectivity index (χ4v) is 4.42. The second-order valence-corrected chi connectivity index (χ2v) is 10.1. The summed E-state index contributed by atoms with van der Waals surface area (Å²) in [7, 11) is -3.80. The van der Waals surface area contributed by atoms with Crippen LogP contribution < -0.4 is 0 Å². The van der Waals surface area contributed by atoms with E-state index in [0.29, 0.717) is 0 Å². The second-order valence-electron chi connectivity index (χ2n) is 8.77. The molecule has 0 saturated carbocycles. The molecule has 4 nitrogen and oxygen atoms in total. The molecule has 0 atom stereocenters. The topological polar surface area (TPSA) is 52.6 Å². The molecule has 30 heavy (non-hydrogen) atoms. The van der Waals surface area contributed by atoms with Crippen molar-refractivity contribution in [3.05, 3.63) is 0 Å². The standard InChI is InChI=1S/C25H52O4S/c1-3-5-7-9-11-13-15-17-19-21-23-25-29-30(26,27)28-24-22-20-18-16-14-12-10-8-6-4-2/h3-25H2,1-2H3. The Morgan fingerprint density at radius 3 is 0.900 bits per heavy atom. The molecule has 0 bridgehead atoms. The highest BCUT2D eigenvalue weighted by Crippen LogP contribution is 2.13. The lowest BCUT2D eigenvalue weighted by atomic mass is 10.1. The fourth-order valence-electron chi connectivity index (χ4n) is 3.71. The number of hydrogen-bond donors (Lipinski definition) is 0. The third-order valence-corrected chi connectivity index (χ3v) is 6.61. The van der Waals surface area contributed by atoms with Crippen LogP contribution in [0.15, 0.2) is 0 Å². The van der Waals surface area contributed by atoms with Crippen molar-refractivity contribution in [2.75, 3.05) is 13.2 Å². The highest BCUT2D eigenvalue weighted by Gasteiger charge is 2.11. The van der Waals surface area contributed by atoms with Crippen LogP contribution in [0, 0.1) is 0 Å². The molecule has 0 unspecified atom stereocenters. The van der Waals surface area contributed by atoms with Crippen molar-refractivity contribution < 1.29 is 16.8 Å². The van der Waals surface area contributed by atoms with Gasteiger partial charge in [-0.05, 0) is 12.8 Å². The van der Waals surface area contributed by atoms with Crippen molar-refractivity contribution in [1.29, 1.82) is 0 Å². The Bertz CT molecular complexity index is 423. The van der Waals surface area contributed by atoms with Gasteiger partial charge in [0.15, 0.2) is 0 Å². The molecule has 0 spiro atoms. The quantitative estimate of drug-likeness (QED) is 0.131. The fraction of sp³-hybridized carbons (Fsp3) is 1.00. The van der Waals surface area contributed by atoms with Gasteiger partial charge in [-0.15, -0.1) is 0 Å².